The van der Waals surface area contributed by atoms with Gasteiger partial charge in [-0.05, 0) is 54.6 Å². The normalized spacial score (nSPS) is 17.3. The Morgan fingerprint density at radius 1 is 1.19 bits per heavy atom. The van der Waals surface area contributed by atoms with Gasteiger partial charge in [0.25, 0.3) is 0 Å². The second kappa shape index (κ2) is 8.83. The van der Waals surface area contributed by atoms with E-state index >= 15 is 0 Å². The van der Waals surface area contributed by atoms with E-state index in [-0.39, 0.29) is 6.61 Å². The second-order valence-corrected chi connectivity index (χ2v) is 6.78. The molecule has 1 fully saturated rings. The van der Waals surface area contributed by atoms with Gasteiger partial charge in [0.2, 0.25) is 0 Å². The first kappa shape index (κ1) is 18.4. The Bertz CT molecular complexity index is 746. The van der Waals surface area contributed by atoms with Gasteiger partial charge >= 0.3 is 5.97 Å². The molecule has 138 valence electrons. The van der Waals surface area contributed by atoms with E-state index in [0.717, 1.165) is 43.8 Å². The van der Waals surface area contributed by atoms with E-state index < -0.39 is 5.97 Å². The molecular weight excluding hydrogens is 330 g/mol. The molecule has 1 heterocycles. The standard InChI is InChI=1S/C21H25NO4/c23-10-11-26-19-6-3-4-16(13-19)14-22-9-8-17(15-22)12-18-5-1-2-7-20(18)21(24)25/h1-7,13,17,23H,8-12,14-15H2,(H,24,25). The van der Waals surface area contributed by atoms with Crippen LogP contribution in [0.15, 0.2) is 48.5 Å². The third-order valence-electron chi connectivity index (χ3n) is 4.79. The van der Waals surface area contributed by atoms with Crippen molar-refractivity contribution in [3.63, 3.8) is 0 Å². The molecule has 0 saturated carbocycles. The molecule has 0 aliphatic carbocycles. The Balaban J connectivity index is 1.57. The van der Waals surface area contributed by atoms with Gasteiger partial charge in [-0.15, -0.1) is 0 Å². The van der Waals surface area contributed by atoms with Crippen molar-refractivity contribution < 1.29 is 19.7 Å². The topological polar surface area (TPSA) is 70.0 Å². The quantitative estimate of drug-likeness (QED) is 0.762. The summed E-state index contributed by atoms with van der Waals surface area (Å²) in [5, 5.41) is 18.2. The molecule has 0 bridgehead atoms. The Labute approximate surface area is 153 Å². The number of ether oxygens (including phenoxy) is 1. The predicted octanol–water partition coefficient (Wildman–Crippen LogP) is 2.82. The summed E-state index contributed by atoms with van der Waals surface area (Å²) < 4.78 is 5.47. The smallest absolute Gasteiger partial charge is 0.335 e. The maximum Gasteiger partial charge on any atom is 0.335 e. The van der Waals surface area contributed by atoms with E-state index in [1.54, 1.807) is 12.1 Å². The Morgan fingerprint density at radius 3 is 2.85 bits per heavy atom. The molecule has 0 spiro atoms. The number of likely N-dealkylation sites (tertiary alicyclic amines) is 1. The minimum atomic E-state index is -0.852. The highest BCUT2D eigenvalue weighted by atomic mass is 16.5. The van der Waals surface area contributed by atoms with Crippen molar-refractivity contribution in [1.29, 1.82) is 0 Å². The van der Waals surface area contributed by atoms with Crippen molar-refractivity contribution in [2.45, 2.75) is 19.4 Å². The van der Waals surface area contributed by atoms with Gasteiger partial charge in [-0.2, -0.15) is 0 Å². The summed E-state index contributed by atoms with van der Waals surface area (Å²) in [5.74, 6) is 0.405. The SMILES string of the molecule is O=C(O)c1ccccc1CC1CCN(Cc2cccc(OCCO)c2)C1. The van der Waals surface area contributed by atoms with Crippen LogP contribution in [0.4, 0.5) is 0 Å². The molecule has 1 unspecified atom stereocenters. The zero-order valence-electron chi connectivity index (χ0n) is 14.8. The lowest BCUT2D eigenvalue weighted by Crippen LogP contribution is -2.21. The minimum absolute atomic E-state index is 0.00977. The maximum absolute atomic E-state index is 11.4. The fourth-order valence-corrected chi connectivity index (χ4v) is 3.60. The van der Waals surface area contributed by atoms with Crippen molar-refractivity contribution in [1.82, 2.24) is 4.90 Å². The Morgan fingerprint density at radius 2 is 2.04 bits per heavy atom. The number of hydrogen-bond donors (Lipinski definition) is 2. The van der Waals surface area contributed by atoms with Crippen molar-refractivity contribution in [2.24, 2.45) is 5.92 Å². The molecule has 1 saturated heterocycles. The second-order valence-electron chi connectivity index (χ2n) is 6.78. The van der Waals surface area contributed by atoms with Crippen LogP contribution in [-0.4, -0.2) is 47.4 Å². The minimum Gasteiger partial charge on any atom is -0.491 e. The number of aromatic carboxylic acids is 1. The molecule has 1 aliphatic rings. The molecule has 5 nitrogen and oxygen atoms in total. The van der Waals surface area contributed by atoms with Crippen molar-refractivity contribution in [3.05, 3.63) is 65.2 Å². The molecule has 2 aromatic carbocycles. The van der Waals surface area contributed by atoms with Crippen LogP contribution >= 0.6 is 0 Å². The number of hydrogen-bond acceptors (Lipinski definition) is 4. The Kier molecular flexibility index (Phi) is 6.26. The summed E-state index contributed by atoms with van der Waals surface area (Å²) in [5.41, 5.74) is 2.53. The summed E-state index contributed by atoms with van der Waals surface area (Å²) in [6.07, 6.45) is 1.88. The van der Waals surface area contributed by atoms with Gasteiger partial charge in [-0.3, -0.25) is 4.90 Å². The molecule has 0 amide bonds. The number of carboxylic acids is 1. The largest absolute Gasteiger partial charge is 0.491 e. The fourth-order valence-electron chi connectivity index (χ4n) is 3.60. The summed E-state index contributed by atoms with van der Waals surface area (Å²) in [6, 6.07) is 15.3. The first-order valence-electron chi connectivity index (χ1n) is 9.02. The average Bonchev–Trinajstić information content (AvgIpc) is 3.07. The van der Waals surface area contributed by atoms with E-state index in [1.807, 2.05) is 30.3 Å². The lowest BCUT2D eigenvalue weighted by atomic mass is 9.95. The molecule has 0 aromatic heterocycles. The van der Waals surface area contributed by atoms with E-state index in [4.69, 9.17) is 9.84 Å². The van der Waals surface area contributed by atoms with Gasteiger partial charge in [0.1, 0.15) is 12.4 Å². The third-order valence-corrected chi connectivity index (χ3v) is 4.79. The van der Waals surface area contributed by atoms with Gasteiger partial charge in [0.05, 0.1) is 12.2 Å². The van der Waals surface area contributed by atoms with E-state index in [9.17, 15) is 9.90 Å². The number of aliphatic hydroxyl groups excluding tert-OH is 1. The van der Waals surface area contributed by atoms with Crippen molar-refractivity contribution in [3.8, 4) is 5.75 Å². The van der Waals surface area contributed by atoms with Crippen LogP contribution < -0.4 is 4.74 Å². The number of carboxylic acid groups (broad SMARTS) is 1. The molecule has 2 N–H and O–H groups in total. The number of carbonyl (C=O) groups is 1. The van der Waals surface area contributed by atoms with Crippen LogP contribution in [0.2, 0.25) is 0 Å². The van der Waals surface area contributed by atoms with Crippen molar-refractivity contribution in [2.75, 3.05) is 26.3 Å². The molecule has 3 rings (SSSR count). The summed E-state index contributed by atoms with van der Waals surface area (Å²) in [7, 11) is 0. The Hall–Kier alpha value is -2.37. The van der Waals surface area contributed by atoms with Gasteiger partial charge in [0.15, 0.2) is 0 Å². The summed E-state index contributed by atoms with van der Waals surface area (Å²) in [4.78, 5) is 13.8. The van der Waals surface area contributed by atoms with Crippen LogP contribution in [0, 0.1) is 5.92 Å². The van der Waals surface area contributed by atoms with Crippen LogP contribution in [0.25, 0.3) is 0 Å². The number of nitrogens with zero attached hydrogens (tertiary/aromatic N) is 1. The zero-order valence-corrected chi connectivity index (χ0v) is 14.8. The van der Waals surface area contributed by atoms with E-state index in [0.29, 0.717) is 18.1 Å². The van der Waals surface area contributed by atoms with Crippen LogP contribution in [0.3, 0.4) is 0 Å². The highest BCUT2D eigenvalue weighted by Crippen LogP contribution is 2.25. The summed E-state index contributed by atoms with van der Waals surface area (Å²) in [6.45, 7) is 3.15. The van der Waals surface area contributed by atoms with Gasteiger partial charge < -0.3 is 14.9 Å². The maximum atomic E-state index is 11.4. The molecule has 26 heavy (non-hydrogen) atoms. The van der Waals surface area contributed by atoms with Crippen LogP contribution in [0.5, 0.6) is 5.75 Å². The first-order chi connectivity index (χ1) is 12.7. The van der Waals surface area contributed by atoms with Gasteiger partial charge in [-0.1, -0.05) is 30.3 Å². The van der Waals surface area contributed by atoms with Gasteiger partial charge in [-0.25, -0.2) is 4.79 Å². The molecule has 5 heteroatoms. The highest BCUT2D eigenvalue weighted by molar-refractivity contribution is 5.89. The average molecular weight is 355 g/mol. The number of aliphatic hydroxyl groups is 1. The lowest BCUT2D eigenvalue weighted by Gasteiger charge is -2.17. The van der Waals surface area contributed by atoms with E-state index in [2.05, 4.69) is 11.0 Å². The molecule has 1 aliphatic heterocycles. The number of benzene rings is 2. The molecular formula is C21H25NO4. The van der Waals surface area contributed by atoms with Crippen molar-refractivity contribution >= 4 is 5.97 Å². The highest BCUT2D eigenvalue weighted by Gasteiger charge is 2.24. The zero-order chi connectivity index (χ0) is 18.4. The van der Waals surface area contributed by atoms with Gasteiger partial charge in [0, 0.05) is 13.1 Å². The van der Waals surface area contributed by atoms with E-state index in [1.165, 1.54) is 5.56 Å². The number of rotatable bonds is 8. The molecule has 0 radical (unpaired) electrons. The predicted molar refractivity (Wildman–Crippen MR) is 99.5 cm³/mol. The summed E-state index contributed by atoms with van der Waals surface area (Å²) >= 11 is 0. The third kappa shape index (κ3) is 4.84. The molecule has 1 atom stereocenters. The monoisotopic (exact) mass is 355 g/mol. The first-order valence-corrected chi connectivity index (χ1v) is 9.02. The molecule has 2 aromatic rings. The fraction of sp³-hybridized carbons (Fsp3) is 0.381. The van der Waals surface area contributed by atoms with Crippen LogP contribution in [0.1, 0.15) is 27.9 Å². The van der Waals surface area contributed by atoms with Crippen LogP contribution in [-0.2, 0) is 13.0 Å². The lowest BCUT2D eigenvalue weighted by molar-refractivity contribution is 0.0695.